The SMILES string of the molecule is CCCNc1ncnc2c1ncn2Cc1ccccc1F. The van der Waals surface area contributed by atoms with Gasteiger partial charge in [-0.25, -0.2) is 19.3 Å². The third kappa shape index (κ3) is 2.69. The average molecular weight is 285 g/mol. The first-order valence-corrected chi connectivity index (χ1v) is 6.92. The van der Waals surface area contributed by atoms with Gasteiger partial charge in [0.25, 0.3) is 0 Å². The van der Waals surface area contributed by atoms with Crippen LogP contribution in [0.2, 0.25) is 0 Å². The molecule has 3 rings (SSSR count). The molecule has 0 amide bonds. The number of hydrogen-bond acceptors (Lipinski definition) is 4. The molecule has 0 atom stereocenters. The molecule has 0 fully saturated rings. The van der Waals surface area contributed by atoms with Crippen LogP contribution in [-0.4, -0.2) is 26.1 Å². The molecular formula is C15H16FN5. The van der Waals surface area contributed by atoms with Gasteiger partial charge in [-0.15, -0.1) is 0 Å². The summed E-state index contributed by atoms with van der Waals surface area (Å²) in [5, 5.41) is 3.22. The van der Waals surface area contributed by atoms with Gasteiger partial charge in [-0.2, -0.15) is 0 Å². The van der Waals surface area contributed by atoms with E-state index in [0.717, 1.165) is 13.0 Å². The number of rotatable bonds is 5. The van der Waals surface area contributed by atoms with E-state index in [0.29, 0.717) is 29.1 Å². The zero-order chi connectivity index (χ0) is 14.7. The first-order chi connectivity index (χ1) is 10.3. The number of hydrogen-bond donors (Lipinski definition) is 1. The number of aromatic nitrogens is 4. The first kappa shape index (κ1) is 13.5. The summed E-state index contributed by atoms with van der Waals surface area (Å²) in [5.74, 6) is 0.492. The van der Waals surface area contributed by atoms with Gasteiger partial charge < -0.3 is 9.88 Å². The molecule has 0 radical (unpaired) electrons. The first-order valence-electron chi connectivity index (χ1n) is 6.92. The molecule has 6 heteroatoms. The Kier molecular flexibility index (Phi) is 3.77. The molecule has 0 aliphatic heterocycles. The van der Waals surface area contributed by atoms with Crippen LogP contribution in [0.25, 0.3) is 11.2 Å². The summed E-state index contributed by atoms with van der Waals surface area (Å²) in [6, 6.07) is 6.72. The highest BCUT2D eigenvalue weighted by molar-refractivity contribution is 5.82. The maximum absolute atomic E-state index is 13.7. The van der Waals surface area contributed by atoms with Gasteiger partial charge in [0.2, 0.25) is 0 Å². The van der Waals surface area contributed by atoms with E-state index >= 15 is 0 Å². The van der Waals surface area contributed by atoms with Gasteiger partial charge in [-0.3, -0.25) is 0 Å². The summed E-state index contributed by atoms with van der Waals surface area (Å²) in [6.45, 7) is 3.31. The van der Waals surface area contributed by atoms with Crippen LogP contribution in [0.4, 0.5) is 10.2 Å². The predicted octanol–water partition coefficient (Wildman–Crippen LogP) is 2.84. The standard InChI is InChI=1S/C15H16FN5/c1-2-7-17-14-13-15(19-9-18-14)21(10-20-13)8-11-5-3-4-6-12(11)16/h3-6,9-10H,2,7-8H2,1H3,(H,17,18,19). The molecule has 0 bridgehead atoms. The summed E-state index contributed by atoms with van der Waals surface area (Å²) in [6.07, 6.45) is 4.17. The zero-order valence-corrected chi connectivity index (χ0v) is 11.8. The number of halogens is 1. The molecule has 1 aromatic carbocycles. The molecule has 0 saturated heterocycles. The fourth-order valence-electron chi connectivity index (χ4n) is 2.18. The van der Waals surface area contributed by atoms with Gasteiger partial charge >= 0.3 is 0 Å². The van der Waals surface area contributed by atoms with Gasteiger partial charge in [0.05, 0.1) is 12.9 Å². The van der Waals surface area contributed by atoms with Crippen molar-refractivity contribution >= 4 is 17.0 Å². The lowest BCUT2D eigenvalue weighted by molar-refractivity contribution is 0.601. The third-order valence-corrected chi connectivity index (χ3v) is 3.24. The second-order valence-corrected chi connectivity index (χ2v) is 4.79. The molecule has 2 aromatic heterocycles. The highest BCUT2D eigenvalue weighted by Gasteiger charge is 2.11. The molecular weight excluding hydrogens is 269 g/mol. The fraction of sp³-hybridized carbons (Fsp3) is 0.267. The van der Waals surface area contributed by atoms with Crippen LogP contribution < -0.4 is 5.32 Å². The Bertz CT molecular complexity index is 753. The maximum Gasteiger partial charge on any atom is 0.165 e. The zero-order valence-electron chi connectivity index (χ0n) is 11.8. The average Bonchev–Trinajstić information content (AvgIpc) is 2.91. The van der Waals surface area contributed by atoms with E-state index in [2.05, 4.69) is 27.2 Å². The van der Waals surface area contributed by atoms with Crippen molar-refractivity contribution in [1.82, 2.24) is 19.5 Å². The number of nitrogens with one attached hydrogen (secondary N) is 1. The lowest BCUT2D eigenvalue weighted by atomic mass is 10.2. The monoisotopic (exact) mass is 285 g/mol. The molecule has 0 saturated carbocycles. The van der Waals surface area contributed by atoms with Crippen LogP contribution in [0.1, 0.15) is 18.9 Å². The quantitative estimate of drug-likeness (QED) is 0.783. The van der Waals surface area contributed by atoms with Crippen LogP contribution >= 0.6 is 0 Å². The lowest BCUT2D eigenvalue weighted by Gasteiger charge is -2.06. The predicted molar refractivity (Wildman–Crippen MR) is 79.6 cm³/mol. The number of imidazole rings is 1. The van der Waals surface area contributed by atoms with Crippen molar-refractivity contribution in [1.29, 1.82) is 0 Å². The molecule has 3 aromatic rings. The Labute approximate surface area is 121 Å². The molecule has 21 heavy (non-hydrogen) atoms. The van der Waals surface area contributed by atoms with Crippen LogP contribution in [-0.2, 0) is 6.54 Å². The Morgan fingerprint density at radius 2 is 2.05 bits per heavy atom. The number of benzene rings is 1. The van der Waals surface area contributed by atoms with Crippen molar-refractivity contribution in [3.8, 4) is 0 Å². The van der Waals surface area contributed by atoms with Crippen LogP contribution in [0.15, 0.2) is 36.9 Å². The van der Waals surface area contributed by atoms with Gasteiger partial charge in [-0.1, -0.05) is 25.1 Å². The Morgan fingerprint density at radius 1 is 1.19 bits per heavy atom. The van der Waals surface area contributed by atoms with E-state index in [1.165, 1.54) is 12.4 Å². The van der Waals surface area contributed by atoms with Crippen molar-refractivity contribution in [3.05, 3.63) is 48.3 Å². The largest absolute Gasteiger partial charge is 0.368 e. The topological polar surface area (TPSA) is 55.6 Å². The van der Waals surface area contributed by atoms with Gasteiger partial charge in [0.1, 0.15) is 17.7 Å². The Morgan fingerprint density at radius 3 is 2.86 bits per heavy atom. The van der Waals surface area contributed by atoms with Crippen molar-refractivity contribution in [2.24, 2.45) is 0 Å². The van der Waals surface area contributed by atoms with E-state index < -0.39 is 0 Å². The van der Waals surface area contributed by atoms with E-state index in [1.54, 1.807) is 18.5 Å². The minimum atomic E-state index is -0.224. The van der Waals surface area contributed by atoms with Crippen LogP contribution in [0.3, 0.4) is 0 Å². The summed E-state index contributed by atoms with van der Waals surface area (Å²) < 4.78 is 15.6. The van der Waals surface area contributed by atoms with E-state index in [-0.39, 0.29) is 5.82 Å². The van der Waals surface area contributed by atoms with Crippen molar-refractivity contribution < 1.29 is 4.39 Å². The van der Waals surface area contributed by atoms with Gasteiger partial charge in [0.15, 0.2) is 11.5 Å². The van der Waals surface area contributed by atoms with E-state index in [9.17, 15) is 4.39 Å². The third-order valence-electron chi connectivity index (χ3n) is 3.24. The van der Waals surface area contributed by atoms with Crippen LogP contribution in [0.5, 0.6) is 0 Å². The number of fused-ring (bicyclic) bond motifs is 1. The lowest BCUT2D eigenvalue weighted by Crippen LogP contribution is -2.05. The summed E-state index contributed by atoms with van der Waals surface area (Å²) in [4.78, 5) is 12.8. The highest BCUT2D eigenvalue weighted by atomic mass is 19.1. The minimum Gasteiger partial charge on any atom is -0.368 e. The fourth-order valence-corrected chi connectivity index (χ4v) is 2.18. The molecule has 5 nitrogen and oxygen atoms in total. The maximum atomic E-state index is 13.7. The van der Waals surface area contributed by atoms with E-state index in [1.807, 2.05) is 10.6 Å². The molecule has 0 spiro atoms. The highest BCUT2D eigenvalue weighted by Crippen LogP contribution is 2.19. The second kappa shape index (κ2) is 5.87. The molecule has 108 valence electrons. The molecule has 0 unspecified atom stereocenters. The van der Waals surface area contributed by atoms with Gasteiger partial charge in [-0.05, 0) is 12.5 Å². The summed E-state index contributed by atoms with van der Waals surface area (Å²) in [7, 11) is 0. The Hall–Kier alpha value is -2.50. The summed E-state index contributed by atoms with van der Waals surface area (Å²) >= 11 is 0. The number of anilines is 1. The molecule has 1 N–H and O–H groups in total. The number of nitrogens with zero attached hydrogens (tertiary/aromatic N) is 4. The smallest absolute Gasteiger partial charge is 0.165 e. The van der Waals surface area contributed by atoms with Crippen molar-refractivity contribution in [2.45, 2.75) is 19.9 Å². The second-order valence-electron chi connectivity index (χ2n) is 4.79. The minimum absolute atomic E-state index is 0.224. The normalized spacial score (nSPS) is 11.0. The Balaban J connectivity index is 1.95. The van der Waals surface area contributed by atoms with E-state index in [4.69, 9.17) is 0 Å². The van der Waals surface area contributed by atoms with Crippen LogP contribution in [0, 0.1) is 5.82 Å². The molecule has 0 aliphatic rings. The van der Waals surface area contributed by atoms with Crippen molar-refractivity contribution in [3.63, 3.8) is 0 Å². The summed E-state index contributed by atoms with van der Waals surface area (Å²) in [5.41, 5.74) is 2.02. The van der Waals surface area contributed by atoms with Crippen molar-refractivity contribution in [2.75, 3.05) is 11.9 Å². The molecule has 0 aliphatic carbocycles. The molecule has 2 heterocycles. The van der Waals surface area contributed by atoms with Gasteiger partial charge in [0, 0.05) is 12.1 Å².